The molecule has 1 amide bonds. The van der Waals surface area contributed by atoms with Gasteiger partial charge in [0.25, 0.3) is 0 Å². The molecule has 0 bridgehead atoms. The second-order valence-corrected chi connectivity index (χ2v) is 5.71. The van der Waals surface area contributed by atoms with E-state index in [0.717, 1.165) is 32.4 Å². The number of likely N-dealkylation sites (tertiary alicyclic amines) is 1. The third-order valence-corrected chi connectivity index (χ3v) is 4.27. The standard InChI is InChI=1S/C14H26N2O2/c1-2-16-10-6-9-13(11-16)18-14(17)15-12-7-4-3-5-8-12/h12-13H,2-11H2,1H3,(H,15,17)/p+1/t13-/m0/s1. The highest BCUT2D eigenvalue weighted by Crippen LogP contribution is 2.17. The minimum absolute atomic E-state index is 0.122. The van der Waals surface area contributed by atoms with Gasteiger partial charge in [0.05, 0.1) is 13.1 Å². The fourth-order valence-electron chi connectivity index (χ4n) is 3.13. The number of carbonyl (C=O) groups is 1. The van der Waals surface area contributed by atoms with Crippen LogP contribution < -0.4 is 10.2 Å². The average Bonchev–Trinajstić information content (AvgIpc) is 2.40. The van der Waals surface area contributed by atoms with Crippen molar-refractivity contribution in [3.8, 4) is 0 Å². The van der Waals surface area contributed by atoms with Gasteiger partial charge in [0, 0.05) is 12.5 Å². The Balaban J connectivity index is 1.69. The molecule has 1 unspecified atom stereocenters. The number of carbonyl (C=O) groups excluding carboxylic acids is 1. The smallest absolute Gasteiger partial charge is 0.407 e. The first kappa shape index (κ1) is 13.7. The number of quaternary nitrogens is 1. The molecule has 1 saturated heterocycles. The molecule has 2 N–H and O–H groups in total. The second-order valence-electron chi connectivity index (χ2n) is 5.71. The summed E-state index contributed by atoms with van der Waals surface area (Å²) in [6.07, 6.45) is 8.15. The van der Waals surface area contributed by atoms with Gasteiger partial charge in [-0.05, 0) is 26.2 Å². The molecule has 0 radical (unpaired) electrons. The Labute approximate surface area is 110 Å². The molecule has 1 saturated carbocycles. The summed E-state index contributed by atoms with van der Waals surface area (Å²) in [6.45, 7) is 5.53. The molecular formula is C14H27N2O2+. The first-order valence-corrected chi connectivity index (χ1v) is 7.58. The molecule has 2 rings (SSSR count). The van der Waals surface area contributed by atoms with Crippen LogP contribution in [0.2, 0.25) is 0 Å². The Bertz CT molecular complexity index is 265. The lowest BCUT2D eigenvalue weighted by atomic mass is 9.96. The van der Waals surface area contributed by atoms with E-state index < -0.39 is 0 Å². The maximum absolute atomic E-state index is 11.8. The number of likely N-dealkylation sites (N-methyl/N-ethyl adjacent to an activating group) is 1. The van der Waals surface area contributed by atoms with Crippen LogP contribution in [-0.4, -0.2) is 37.9 Å². The Morgan fingerprint density at radius 2 is 2.00 bits per heavy atom. The minimum Gasteiger partial charge on any atom is -0.440 e. The predicted molar refractivity (Wildman–Crippen MR) is 70.7 cm³/mol. The van der Waals surface area contributed by atoms with Crippen LogP contribution in [0, 0.1) is 0 Å². The minimum atomic E-state index is -0.191. The molecule has 18 heavy (non-hydrogen) atoms. The molecule has 0 aromatic rings. The fourth-order valence-corrected chi connectivity index (χ4v) is 3.13. The molecule has 2 atom stereocenters. The zero-order valence-corrected chi connectivity index (χ0v) is 11.5. The first-order chi connectivity index (χ1) is 8.78. The molecular weight excluding hydrogens is 228 g/mol. The van der Waals surface area contributed by atoms with Crippen LogP contribution in [0.4, 0.5) is 4.79 Å². The molecule has 0 aromatic carbocycles. The van der Waals surface area contributed by atoms with Gasteiger partial charge in [0.2, 0.25) is 0 Å². The number of nitrogens with one attached hydrogen (secondary N) is 2. The van der Waals surface area contributed by atoms with E-state index in [0.29, 0.717) is 6.04 Å². The molecule has 2 fully saturated rings. The van der Waals surface area contributed by atoms with Crippen molar-refractivity contribution in [2.45, 2.75) is 64.0 Å². The highest BCUT2D eigenvalue weighted by molar-refractivity contribution is 5.67. The van der Waals surface area contributed by atoms with Gasteiger partial charge in [-0.3, -0.25) is 0 Å². The van der Waals surface area contributed by atoms with Crippen LogP contribution in [0.15, 0.2) is 0 Å². The maximum Gasteiger partial charge on any atom is 0.407 e. The van der Waals surface area contributed by atoms with Gasteiger partial charge < -0.3 is 15.0 Å². The number of hydrogen-bond donors (Lipinski definition) is 2. The van der Waals surface area contributed by atoms with E-state index in [1.165, 1.54) is 32.2 Å². The molecule has 1 aliphatic heterocycles. The average molecular weight is 255 g/mol. The number of rotatable bonds is 3. The van der Waals surface area contributed by atoms with Crippen LogP contribution in [0.5, 0.6) is 0 Å². The molecule has 0 spiro atoms. The quantitative estimate of drug-likeness (QED) is 0.793. The van der Waals surface area contributed by atoms with Gasteiger partial charge in [-0.25, -0.2) is 4.79 Å². The van der Waals surface area contributed by atoms with E-state index in [-0.39, 0.29) is 12.2 Å². The molecule has 4 nitrogen and oxygen atoms in total. The van der Waals surface area contributed by atoms with Crippen molar-refractivity contribution in [1.29, 1.82) is 0 Å². The zero-order valence-electron chi connectivity index (χ0n) is 11.5. The summed E-state index contributed by atoms with van der Waals surface area (Å²) >= 11 is 0. The van der Waals surface area contributed by atoms with Crippen molar-refractivity contribution in [3.05, 3.63) is 0 Å². The molecule has 1 aliphatic carbocycles. The highest BCUT2D eigenvalue weighted by atomic mass is 16.6. The fraction of sp³-hybridized carbons (Fsp3) is 0.929. The lowest BCUT2D eigenvalue weighted by Gasteiger charge is -2.29. The van der Waals surface area contributed by atoms with Crippen molar-refractivity contribution in [2.75, 3.05) is 19.6 Å². The lowest BCUT2D eigenvalue weighted by molar-refractivity contribution is -0.906. The van der Waals surface area contributed by atoms with E-state index >= 15 is 0 Å². The normalized spacial score (nSPS) is 29.8. The number of hydrogen-bond acceptors (Lipinski definition) is 2. The lowest BCUT2D eigenvalue weighted by Crippen LogP contribution is -3.13. The number of amides is 1. The highest BCUT2D eigenvalue weighted by Gasteiger charge is 2.26. The van der Waals surface area contributed by atoms with Crippen molar-refractivity contribution in [3.63, 3.8) is 0 Å². The molecule has 2 aliphatic rings. The van der Waals surface area contributed by atoms with Crippen molar-refractivity contribution >= 4 is 6.09 Å². The maximum atomic E-state index is 11.8. The predicted octanol–water partition coefficient (Wildman–Crippen LogP) is 1.11. The summed E-state index contributed by atoms with van der Waals surface area (Å²) in [6, 6.07) is 0.351. The topological polar surface area (TPSA) is 42.8 Å². The van der Waals surface area contributed by atoms with Gasteiger partial charge in [0.15, 0.2) is 6.10 Å². The van der Waals surface area contributed by atoms with Gasteiger partial charge >= 0.3 is 6.09 Å². The Kier molecular flexibility index (Phi) is 5.29. The van der Waals surface area contributed by atoms with E-state index in [4.69, 9.17) is 4.74 Å². The third-order valence-electron chi connectivity index (χ3n) is 4.27. The van der Waals surface area contributed by atoms with Crippen LogP contribution in [-0.2, 0) is 4.74 Å². The summed E-state index contributed by atoms with van der Waals surface area (Å²) in [5.41, 5.74) is 0. The summed E-state index contributed by atoms with van der Waals surface area (Å²) < 4.78 is 5.56. The monoisotopic (exact) mass is 255 g/mol. The summed E-state index contributed by atoms with van der Waals surface area (Å²) in [7, 11) is 0. The van der Waals surface area contributed by atoms with Gasteiger partial charge in [0.1, 0.15) is 6.54 Å². The van der Waals surface area contributed by atoms with Gasteiger partial charge in [-0.15, -0.1) is 0 Å². The van der Waals surface area contributed by atoms with E-state index in [1.54, 1.807) is 4.90 Å². The zero-order chi connectivity index (χ0) is 12.8. The van der Waals surface area contributed by atoms with Crippen LogP contribution >= 0.6 is 0 Å². The van der Waals surface area contributed by atoms with Crippen molar-refractivity contribution in [2.24, 2.45) is 0 Å². The summed E-state index contributed by atoms with van der Waals surface area (Å²) in [4.78, 5) is 13.4. The Morgan fingerprint density at radius 3 is 2.72 bits per heavy atom. The van der Waals surface area contributed by atoms with Crippen LogP contribution in [0.3, 0.4) is 0 Å². The number of ether oxygens (including phenoxy) is 1. The van der Waals surface area contributed by atoms with E-state index in [2.05, 4.69) is 12.2 Å². The van der Waals surface area contributed by atoms with Crippen molar-refractivity contribution < 1.29 is 14.4 Å². The largest absolute Gasteiger partial charge is 0.440 e. The molecule has 1 heterocycles. The third kappa shape index (κ3) is 4.16. The van der Waals surface area contributed by atoms with E-state index in [1.807, 2.05) is 0 Å². The van der Waals surface area contributed by atoms with Crippen LogP contribution in [0.25, 0.3) is 0 Å². The Hall–Kier alpha value is -0.770. The molecule has 4 heteroatoms. The second kappa shape index (κ2) is 6.98. The molecule has 0 aromatic heterocycles. The summed E-state index contributed by atoms with van der Waals surface area (Å²) in [5.74, 6) is 0. The van der Waals surface area contributed by atoms with Crippen LogP contribution in [0.1, 0.15) is 51.9 Å². The Morgan fingerprint density at radius 1 is 1.22 bits per heavy atom. The summed E-state index contributed by atoms with van der Waals surface area (Å²) in [5, 5.41) is 3.03. The first-order valence-electron chi connectivity index (χ1n) is 7.58. The van der Waals surface area contributed by atoms with Crippen molar-refractivity contribution in [1.82, 2.24) is 5.32 Å². The number of alkyl carbamates (subject to hydrolysis) is 1. The van der Waals surface area contributed by atoms with E-state index in [9.17, 15) is 4.79 Å². The van der Waals surface area contributed by atoms with Gasteiger partial charge in [-0.2, -0.15) is 0 Å². The number of piperidine rings is 1. The molecule has 104 valence electrons. The van der Waals surface area contributed by atoms with Gasteiger partial charge in [-0.1, -0.05) is 19.3 Å². The SMILES string of the molecule is CC[NH+]1CCC[C@H](OC(=O)NC2CCCCC2)C1.